The number of rotatable bonds is 9. The van der Waals surface area contributed by atoms with E-state index in [9.17, 15) is 14.7 Å². The smallest absolute Gasteiger partial charge is 0.328 e. The van der Waals surface area contributed by atoms with Gasteiger partial charge in [0.25, 0.3) is 0 Å². The number of hydrogen-bond donors (Lipinski definition) is 3. The Morgan fingerprint density at radius 1 is 1.03 bits per heavy atom. The average Bonchev–Trinajstić information content (AvgIpc) is 2.95. The number of aliphatic hydroxyl groups excluding tert-OH is 1. The molecule has 4 N–H and O–H groups in total. The molecular weight excluding hydrogens is 486 g/mol. The number of aliphatic carboxylic acids is 1. The number of nitrogens with zero attached hydrogens (tertiary/aromatic N) is 6. The van der Waals surface area contributed by atoms with E-state index in [0.717, 1.165) is 22.8 Å². The number of pyridine rings is 1. The van der Waals surface area contributed by atoms with Gasteiger partial charge in [-0.1, -0.05) is 18.2 Å². The van der Waals surface area contributed by atoms with Crippen LogP contribution in [-0.4, -0.2) is 81.7 Å². The number of amides is 1. The van der Waals surface area contributed by atoms with Gasteiger partial charge in [-0.3, -0.25) is 4.79 Å². The average molecular weight is 518 g/mol. The van der Waals surface area contributed by atoms with Crippen LogP contribution in [-0.2, 0) is 22.7 Å². The highest BCUT2D eigenvalue weighted by Crippen LogP contribution is 2.24. The predicted octanol–water partition coefficient (Wildman–Crippen LogP) is 1.37. The summed E-state index contributed by atoms with van der Waals surface area (Å²) in [6.45, 7) is 2.98. The zero-order chi connectivity index (χ0) is 27.1. The number of anilines is 2. The highest BCUT2D eigenvalue weighted by Gasteiger charge is 2.22. The summed E-state index contributed by atoms with van der Waals surface area (Å²) < 4.78 is 0. The van der Waals surface area contributed by atoms with Crippen LogP contribution in [0.4, 0.5) is 11.8 Å². The molecule has 3 aromatic rings. The maximum absolute atomic E-state index is 11.8. The van der Waals surface area contributed by atoms with E-state index in [-0.39, 0.29) is 19.1 Å². The second-order valence-corrected chi connectivity index (χ2v) is 8.98. The third-order valence-corrected chi connectivity index (χ3v) is 6.33. The van der Waals surface area contributed by atoms with Crippen molar-refractivity contribution in [2.45, 2.75) is 13.2 Å². The predicted molar refractivity (Wildman–Crippen MR) is 144 cm³/mol. The summed E-state index contributed by atoms with van der Waals surface area (Å²) in [5.41, 5.74) is 9.56. The van der Waals surface area contributed by atoms with E-state index in [1.807, 2.05) is 24.3 Å². The zero-order valence-electron chi connectivity index (χ0n) is 21.2. The number of aromatic nitrogens is 3. The maximum atomic E-state index is 11.8. The first kappa shape index (κ1) is 26.7. The molecule has 1 fully saturated rings. The Labute approximate surface area is 220 Å². The Hall–Kier alpha value is -4.35. The van der Waals surface area contributed by atoms with Crippen molar-refractivity contribution in [3.8, 4) is 11.1 Å². The van der Waals surface area contributed by atoms with E-state index in [4.69, 9.17) is 10.8 Å². The third kappa shape index (κ3) is 6.50. The van der Waals surface area contributed by atoms with Gasteiger partial charge in [0.1, 0.15) is 5.82 Å². The standard InChI is InChI=1S/C27H31N7O4/c1-32(24(36)13-28)17-20-3-2-4-21(12-20)23-15-30-27(31-16-23)34-9-7-33(8-10-34)26-22(18-35)11-19(14-29-26)5-6-25(37)38/h2-6,11-12,14-16,35H,7-10,13,17-18,28H2,1H3,(H,37,38)/b6-5+. The lowest BCUT2D eigenvalue weighted by Crippen LogP contribution is -2.47. The van der Waals surface area contributed by atoms with Crippen LogP contribution in [0.25, 0.3) is 17.2 Å². The fourth-order valence-electron chi connectivity index (χ4n) is 4.30. The van der Waals surface area contributed by atoms with Crippen molar-refractivity contribution in [3.63, 3.8) is 0 Å². The van der Waals surface area contributed by atoms with Gasteiger partial charge in [0.15, 0.2) is 0 Å². The van der Waals surface area contributed by atoms with Crippen LogP contribution < -0.4 is 15.5 Å². The quantitative estimate of drug-likeness (QED) is 0.355. The fourth-order valence-corrected chi connectivity index (χ4v) is 4.30. The van der Waals surface area contributed by atoms with Crippen molar-refractivity contribution in [2.75, 3.05) is 49.6 Å². The zero-order valence-corrected chi connectivity index (χ0v) is 21.2. The summed E-state index contributed by atoms with van der Waals surface area (Å²) in [4.78, 5) is 42.0. The van der Waals surface area contributed by atoms with E-state index in [1.165, 1.54) is 6.08 Å². The molecule has 1 amide bonds. The first-order valence-corrected chi connectivity index (χ1v) is 12.2. The van der Waals surface area contributed by atoms with Gasteiger partial charge in [-0.2, -0.15) is 0 Å². The molecule has 0 unspecified atom stereocenters. The number of likely N-dealkylation sites (N-methyl/N-ethyl adjacent to an activating group) is 1. The van der Waals surface area contributed by atoms with Crippen LogP contribution in [0.5, 0.6) is 0 Å². The Morgan fingerprint density at radius 3 is 2.39 bits per heavy atom. The lowest BCUT2D eigenvalue weighted by Gasteiger charge is -2.36. The van der Waals surface area contributed by atoms with Crippen LogP contribution >= 0.6 is 0 Å². The molecule has 0 atom stereocenters. The molecule has 0 radical (unpaired) electrons. The maximum Gasteiger partial charge on any atom is 0.328 e. The van der Waals surface area contributed by atoms with Crippen molar-refractivity contribution in [1.29, 1.82) is 0 Å². The Kier molecular flexibility index (Phi) is 8.62. The van der Waals surface area contributed by atoms with Gasteiger partial charge in [-0.25, -0.2) is 19.7 Å². The van der Waals surface area contributed by atoms with Gasteiger partial charge in [-0.15, -0.1) is 0 Å². The molecule has 0 saturated carbocycles. The highest BCUT2D eigenvalue weighted by molar-refractivity contribution is 5.85. The minimum Gasteiger partial charge on any atom is -0.478 e. The van der Waals surface area contributed by atoms with Gasteiger partial charge >= 0.3 is 5.97 Å². The van der Waals surface area contributed by atoms with E-state index in [0.29, 0.717) is 55.6 Å². The summed E-state index contributed by atoms with van der Waals surface area (Å²) >= 11 is 0. The molecule has 1 aliphatic heterocycles. The molecule has 1 aromatic carbocycles. The topological polar surface area (TPSA) is 149 Å². The molecule has 11 heteroatoms. The van der Waals surface area contributed by atoms with Gasteiger partial charge in [0.2, 0.25) is 11.9 Å². The van der Waals surface area contributed by atoms with Gasteiger partial charge in [0.05, 0.1) is 13.2 Å². The number of carboxylic acid groups (broad SMARTS) is 1. The lowest BCUT2D eigenvalue weighted by atomic mass is 10.1. The van der Waals surface area contributed by atoms with Crippen molar-refractivity contribution < 1.29 is 19.8 Å². The number of nitrogens with two attached hydrogens (primary N) is 1. The SMILES string of the molecule is CN(Cc1cccc(-c2cnc(N3CCN(c4ncc(/C=C/C(=O)O)cc4CO)CC3)nc2)c1)C(=O)CN. The van der Waals surface area contributed by atoms with Crippen molar-refractivity contribution in [3.05, 3.63) is 71.7 Å². The molecule has 4 rings (SSSR count). The third-order valence-electron chi connectivity index (χ3n) is 6.33. The second-order valence-electron chi connectivity index (χ2n) is 8.98. The summed E-state index contributed by atoms with van der Waals surface area (Å²) in [6.07, 6.45) is 7.71. The normalized spacial score (nSPS) is 13.7. The molecular formula is C27H31N7O4. The molecule has 0 spiro atoms. The summed E-state index contributed by atoms with van der Waals surface area (Å²) in [6, 6.07) is 9.67. The van der Waals surface area contributed by atoms with Gasteiger partial charge in [-0.05, 0) is 34.9 Å². The molecule has 38 heavy (non-hydrogen) atoms. The van der Waals surface area contributed by atoms with Crippen LogP contribution in [0.3, 0.4) is 0 Å². The minimum absolute atomic E-state index is 0.0165. The molecule has 198 valence electrons. The highest BCUT2D eigenvalue weighted by atomic mass is 16.4. The van der Waals surface area contributed by atoms with Gasteiger partial charge in [0, 0.05) is 75.6 Å². The first-order valence-electron chi connectivity index (χ1n) is 12.2. The number of aliphatic hydroxyl groups is 1. The Bertz CT molecular complexity index is 1310. The van der Waals surface area contributed by atoms with E-state index >= 15 is 0 Å². The van der Waals surface area contributed by atoms with Crippen molar-refractivity contribution >= 4 is 29.7 Å². The summed E-state index contributed by atoms with van der Waals surface area (Å²) in [7, 11) is 1.73. The molecule has 1 aliphatic rings. The van der Waals surface area contributed by atoms with Crippen molar-refractivity contribution in [1.82, 2.24) is 19.9 Å². The van der Waals surface area contributed by atoms with Crippen LogP contribution in [0.2, 0.25) is 0 Å². The molecule has 0 aliphatic carbocycles. The van der Waals surface area contributed by atoms with Crippen LogP contribution in [0.15, 0.2) is 55.0 Å². The van der Waals surface area contributed by atoms with Crippen LogP contribution in [0.1, 0.15) is 16.7 Å². The van der Waals surface area contributed by atoms with E-state index in [1.54, 1.807) is 36.6 Å². The number of carboxylic acids is 1. The molecule has 11 nitrogen and oxygen atoms in total. The molecule has 1 saturated heterocycles. The van der Waals surface area contributed by atoms with Crippen molar-refractivity contribution in [2.24, 2.45) is 5.73 Å². The Morgan fingerprint density at radius 2 is 1.74 bits per heavy atom. The van der Waals surface area contributed by atoms with E-state index < -0.39 is 5.97 Å². The summed E-state index contributed by atoms with van der Waals surface area (Å²) in [5.74, 6) is 0.178. The molecule has 3 heterocycles. The number of carbonyl (C=O) groups excluding carboxylic acids is 1. The lowest BCUT2D eigenvalue weighted by molar-refractivity contribution is -0.131. The van der Waals surface area contributed by atoms with Gasteiger partial charge < -0.3 is 30.6 Å². The number of benzene rings is 1. The largest absolute Gasteiger partial charge is 0.478 e. The number of carbonyl (C=O) groups is 2. The minimum atomic E-state index is -1.04. The second kappa shape index (κ2) is 12.3. The Balaban J connectivity index is 1.39. The van der Waals surface area contributed by atoms with E-state index in [2.05, 4.69) is 24.8 Å². The molecule has 0 bridgehead atoms. The number of piperazine rings is 1. The number of hydrogen-bond acceptors (Lipinski definition) is 9. The fraction of sp³-hybridized carbons (Fsp3) is 0.296. The van der Waals surface area contributed by atoms with Crippen LogP contribution in [0, 0.1) is 0 Å². The molecule has 2 aromatic heterocycles. The first-order chi connectivity index (χ1) is 18.4. The monoisotopic (exact) mass is 517 g/mol. The summed E-state index contributed by atoms with van der Waals surface area (Å²) in [5, 5.41) is 18.7.